The number of nitrogens with one attached hydrogen (secondary N) is 1. The summed E-state index contributed by atoms with van der Waals surface area (Å²) in [5.74, 6) is -0.0658. The highest BCUT2D eigenvalue weighted by Crippen LogP contribution is 2.42. The number of thioether (sulfide) groups is 1. The molecule has 1 saturated heterocycles. The summed E-state index contributed by atoms with van der Waals surface area (Å²) in [7, 11) is 0. The quantitative estimate of drug-likeness (QED) is 0.344. The van der Waals surface area contributed by atoms with Crippen LogP contribution in [-0.2, 0) is 11.3 Å². The molecular formula is C33H37N3O2S. The highest BCUT2D eigenvalue weighted by Gasteiger charge is 2.29. The zero-order chi connectivity index (χ0) is 27.4. The molecule has 5 rings (SSSR count). The Balaban J connectivity index is 1.29. The third kappa shape index (κ3) is 6.45. The summed E-state index contributed by atoms with van der Waals surface area (Å²) in [5.41, 5.74) is 5.98. The van der Waals surface area contributed by atoms with E-state index in [0.29, 0.717) is 29.6 Å². The van der Waals surface area contributed by atoms with Crippen LogP contribution in [0.4, 0.5) is 5.69 Å². The van der Waals surface area contributed by atoms with Crippen LogP contribution < -0.4 is 10.2 Å². The lowest BCUT2D eigenvalue weighted by molar-refractivity contribution is -0.114. The summed E-state index contributed by atoms with van der Waals surface area (Å²) in [6, 6.07) is 22.5. The third-order valence-corrected chi connectivity index (χ3v) is 8.84. The first-order chi connectivity index (χ1) is 18.9. The second-order valence-corrected chi connectivity index (χ2v) is 11.7. The van der Waals surface area contributed by atoms with Crippen molar-refractivity contribution in [3.63, 3.8) is 0 Å². The number of likely N-dealkylation sites (tertiary alicyclic amines) is 1. The van der Waals surface area contributed by atoms with E-state index in [9.17, 15) is 9.59 Å². The molecule has 6 heteroatoms. The van der Waals surface area contributed by atoms with Gasteiger partial charge in [0, 0.05) is 29.6 Å². The van der Waals surface area contributed by atoms with Crippen molar-refractivity contribution in [3.8, 4) is 0 Å². The Bertz CT molecular complexity index is 1380. The van der Waals surface area contributed by atoms with E-state index in [1.54, 1.807) is 0 Å². The average molecular weight is 540 g/mol. The summed E-state index contributed by atoms with van der Waals surface area (Å²) >= 11 is 1.50. The molecule has 1 fully saturated rings. The van der Waals surface area contributed by atoms with Crippen molar-refractivity contribution >= 4 is 35.3 Å². The van der Waals surface area contributed by atoms with E-state index in [-0.39, 0.29) is 11.8 Å². The number of rotatable bonds is 7. The monoisotopic (exact) mass is 539 g/mol. The van der Waals surface area contributed by atoms with Crippen molar-refractivity contribution in [1.29, 1.82) is 0 Å². The Kier molecular flexibility index (Phi) is 8.53. The molecule has 1 unspecified atom stereocenters. The normalized spacial score (nSPS) is 18.7. The molecule has 0 aromatic heterocycles. The first kappa shape index (κ1) is 27.2. The van der Waals surface area contributed by atoms with E-state index in [1.807, 2.05) is 53.4 Å². The highest BCUT2D eigenvalue weighted by atomic mass is 32.2. The number of nitrogens with zero attached hydrogens (tertiary/aromatic N) is 2. The van der Waals surface area contributed by atoms with Gasteiger partial charge in [-0.25, -0.2) is 0 Å². The summed E-state index contributed by atoms with van der Waals surface area (Å²) in [6.07, 6.45) is 5.71. The fraction of sp³-hybridized carbons (Fsp3) is 0.333. The molecule has 3 aromatic rings. The molecule has 2 amide bonds. The minimum atomic E-state index is -0.0596. The zero-order valence-corrected chi connectivity index (χ0v) is 23.9. The maximum absolute atomic E-state index is 13.7. The Morgan fingerprint density at radius 1 is 1.05 bits per heavy atom. The molecule has 2 aliphatic heterocycles. The second kappa shape index (κ2) is 12.2. The molecule has 0 spiro atoms. The Labute approximate surface area is 236 Å². The molecule has 202 valence electrons. The van der Waals surface area contributed by atoms with Gasteiger partial charge in [-0.2, -0.15) is 0 Å². The van der Waals surface area contributed by atoms with Gasteiger partial charge in [-0.3, -0.25) is 14.5 Å². The Morgan fingerprint density at radius 2 is 1.85 bits per heavy atom. The van der Waals surface area contributed by atoms with Gasteiger partial charge in [-0.05, 0) is 87.2 Å². The fourth-order valence-corrected chi connectivity index (χ4v) is 6.41. The number of aryl methyl sites for hydroxylation is 2. The highest BCUT2D eigenvalue weighted by molar-refractivity contribution is 8.04. The number of para-hydroxylation sites is 1. The maximum atomic E-state index is 13.7. The number of fused-ring (bicyclic) bond motifs is 1. The smallest absolute Gasteiger partial charge is 0.265 e. The van der Waals surface area contributed by atoms with Crippen LogP contribution in [0.3, 0.4) is 0 Å². The van der Waals surface area contributed by atoms with Gasteiger partial charge < -0.3 is 10.2 Å². The average Bonchev–Trinajstić information content (AvgIpc) is 2.94. The van der Waals surface area contributed by atoms with Crippen LogP contribution in [0.25, 0.3) is 6.08 Å². The number of carbonyl (C=O) groups excluding carboxylic acids is 2. The van der Waals surface area contributed by atoms with Crippen LogP contribution in [0.15, 0.2) is 76.5 Å². The number of hydrogen-bond donors (Lipinski definition) is 1. The van der Waals surface area contributed by atoms with Crippen molar-refractivity contribution in [1.82, 2.24) is 10.2 Å². The van der Waals surface area contributed by atoms with Gasteiger partial charge in [0.05, 0.1) is 17.1 Å². The van der Waals surface area contributed by atoms with Crippen molar-refractivity contribution in [3.05, 3.63) is 99.5 Å². The predicted molar refractivity (Wildman–Crippen MR) is 161 cm³/mol. The molecule has 1 atom stereocenters. The third-order valence-electron chi connectivity index (χ3n) is 7.76. The van der Waals surface area contributed by atoms with E-state index < -0.39 is 0 Å². The van der Waals surface area contributed by atoms with E-state index in [1.165, 1.54) is 42.2 Å². The molecule has 1 N–H and O–H groups in total. The van der Waals surface area contributed by atoms with Gasteiger partial charge >= 0.3 is 0 Å². The van der Waals surface area contributed by atoms with Crippen molar-refractivity contribution in [2.45, 2.75) is 57.5 Å². The standard InChI is InChI=1S/C33H37N3O2S/c1-23-11-12-24(2)28(20-23)22-36-29-9-4-5-10-30(29)39-31(33(36)38)21-26-13-15-27(16-14-26)32(37)34-17-19-35-18-7-6-8-25(35)3/h4-5,9-16,20-21,25H,6-8,17-19,22H2,1-3H3,(H,34,37)/b31-21+. The van der Waals surface area contributed by atoms with E-state index in [2.05, 4.69) is 55.3 Å². The Morgan fingerprint density at radius 3 is 2.64 bits per heavy atom. The lowest BCUT2D eigenvalue weighted by Crippen LogP contribution is -2.42. The van der Waals surface area contributed by atoms with E-state index >= 15 is 0 Å². The predicted octanol–water partition coefficient (Wildman–Crippen LogP) is 6.59. The van der Waals surface area contributed by atoms with Crippen molar-refractivity contribution in [2.24, 2.45) is 0 Å². The molecular weight excluding hydrogens is 502 g/mol. The molecule has 5 nitrogen and oxygen atoms in total. The van der Waals surface area contributed by atoms with Gasteiger partial charge in [0.25, 0.3) is 11.8 Å². The van der Waals surface area contributed by atoms with Gasteiger partial charge in [-0.1, -0.05) is 66.2 Å². The topological polar surface area (TPSA) is 52.7 Å². The van der Waals surface area contributed by atoms with Gasteiger partial charge in [-0.15, -0.1) is 0 Å². The largest absolute Gasteiger partial charge is 0.351 e. The lowest BCUT2D eigenvalue weighted by Gasteiger charge is -2.33. The Hall–Kier alpha value is -3.35. The van der Waals surface area contributed by atoms with Crippen LogP contribution in [-0.4, -0.2) is 42.4 Å². The number of hydrogen-bond acceptors (Lipinski definition) is 4. The second-order valence-electron chi connectivity index (χ2n) is 10.7. The number of carbonyl (C=O) groups is 2. The minimum absolute atomic E-state index is 0.00614. The molecule has 2 aliphatic rings. The molecule has 0 saturated carbocycles. The van der Waals surface area contributed by atoms with Crippen LogP contribution in [0, 0.1) is 13.8 Å². The summed E-state index contributed by atoms with van der Waals surface area (Å²) in [4.78, 5) is 32.5. The van der Waals surface area contributed by atoms with Gasteiger partial charge in [0.15, 0.2) is 0 Å². The summed E-state index contributed by atoms with van der Waals surface area (Å²) < 4.78 is 0. The molecule has 0 radical (unpaired) electrons. The molecule has 39 heavy (non-hydrogen) atoms. The maximum Gasteiger partial charge on any atom is 0.265 e. The number of benzene rings is 3. The number of piperidine rings is 1. The minimum Gasteiger partial charge on any atom is -0.351 e. The van der Waals surface area contributed by atoms with E-state index in [0.717, 1.165) is 34.8 Å². The molecule has 2 heterocycles. The van der Waals surface area contributed by atoms with Crippen LogP contribution >= 0.6 is 11.8 Å². The van der Waals surface area contributed by atoms with Crippen molar-refractivity contribution < 1.29 is 9.59 Å². The van der Waals surface area contributed by atoms with Gasteiger partial charge in [0.1, 0.15) is 0 Å². The summed E-state index contributed by atoms with van der Waals surface area (Å²) in [6.45, 7) is 9.61. The van der Waals surface area contributed by atoms with Crippen LogP contribution in [0.5, 0.6) is 0 Å². The number of amides is 2. The first-order valence-electron chi connectivity index (χ1n) is 13.9. The first-order valence-corrected chi connectivity index (χ1v) is 14.7. The lowest BCUT2D eigenvalue weighted by atomic mass is 10.0. The molecule has 3 aromatic carbocycles. The van der Waals surface area contributed by atoms with Crippen molar-refractivity contribution in [2.75, 3.05) is 24.5 Å². The zero-order valence-electron chi connectivity index (χ0n) is 23.1. The fourth-order valence-electron chi connectivity index (χ4n) is 5.35. The van der Waals surface area contributed by atoms with Crippen LogP contribution in [0.1, 0.15) is 58.8 Å². The summed E-state index contributed by atoms with van der Waals surface area (Å²) in [5, 5.41) is 3.06. The SMILES string of the molecule is Cc1ccc(C)c(CN2C(=O)/C(=C\c3ccc(C(=O)NCCN4CCCCC4C)cc3)Sc3ccccc32)c1. The van der Waals surface area contributed by atoms with E-state index in [4.69, 9.17) is 0 Å². The van der Waals surface area contributed by atoms with Gasteiger partial charge in [0.2, 0.25) is 0 Å². The van der Waals surface area contributed by atoms with Crippen LogP contribution in [0.2, 0.25) is 0 Å². The molecule has 0 bridgehead atoms. The number of anilines is 1. The molecule has 0 aliphatic carbocycles.